The molecule has 2 aliphatic rings. The lowest BCUT2D eigenvalue weighted by atomic mass is 9.66. The Kier molecular flexibility index (Phi) is 7.88. The topological polar surface area (TPSA) is 16.4 Å². The van der Waals surface area contributed by atoms with Crippen LogP contribution < -0.4 is 4.90 Å². The summed E-state index contributed by atoms with van der Waals surface area (Å²) in [6, 6.07) is 71.9. The van der Waals surface area contributed by atoms with Crippen LogP contribution in [0.3, 0.4) is 0 Å². The number of rotatable bonds is 6. The normalized spacial score (nSPS) is 14.8. The van der Waals surface area contributed by atoms with Gasteiger partial charge in [-0.15, -0.1) is 0 Å². The van der Waals surface area contributed by atoms with E-state index in [4.69, 9.17) is 4.42 Å². The number of para-hydroxylation sites is 3. The van der Waals surface area contributed by atoms with Crippen molar-refractivity contribution in [3.63, 3.8) is 0 Å². The highest BCUT2D eigenvalue weighted by atomic mass is 16.3. The standard InChI is InChI=1S/C57H43NO/c1-5-17-38(18-6-1)47-27-15-28-50-51-29-16-30-52(56(51)59-55(47)50)58(43-24-11-4-12-25-43)44-33-36-46-40(37-44)32-35-49-48-34-31-39-19-13-14-26-45(39)53(48)57(54(46)49,41-20-7-2-8-21-41)42-22-9-3-10-23-42/h2-4,7-16,19-38H,1,5-6,17-18H2. The lowest BCUT2D eigenvalue weighted by molar-refractivity contribution is 0.442. The molecule has 10 aromatic rings. The van der Waals surface area contributed by atoms with Gasteiger partial charge in [-0.2, -0.15) is 0 Å². The maximum atomic E-state index is 7.09. The monoisotopic (exact) mass is 757 g/mol. The van der Waals surface area contributed by atoms with Crippen molar-refractivity contribution in [3.8, 4) is 11.1 Å². The van der Waals surface area contributed by atoms with Crippen LogP contribution in [0, 0.1) is 0 Å². The Labute approximate surface area is 345 Å². The summed E-state index contributed by atoms with van der Waals surface area (Å²) in [4.78, 5) is 2.39. The van der Waals surface area contributed by atoms with Crippen molar-refractivity contribution in [2.24, 2.45) is 0 Å². The minimum atomic E-state index is -0.538. The van der Waals surface area contributed by atoms with Gasteiger partial charge in [0.05, 0.1) is 11.1 Å². The molecule has 0 bridgehead atoms. The zero-order chi connectivity index (χ0) is 38.9. The second-order valence-corrected chi connectivity index (χ2v) is 16.6. The third kappa shape index (κ3) is 5.12. The van der Waals surface area contributed by atoms with Crippen LogP contribution in [0.5, 0.6) is 0 Å². The molecular weight excluding hydrogens is 715 g/mol. The van der Waals surface area contributed by atoms with Crippen molar-refractivity contribution in [2.45, 2.75) is 43.4 Å². The van der Waals surface area contributed by atoms with Gasteiger partial charge < -0.3 is 9.32 Å². The number of anilines is 3. The van der Waals surface area contributed by atoms with E-state index in [9.17, 15) is 0 Å². The van der Waals surface area contributed by atoms with E-state index in [2.05, 4.69) is 199 Å². The summed E-state index contributed by atoms with van der Waals surface area (Å²) in [5, 5.41) is 7.37. The van der Waals surface area contributed by atoms with E-state index >= 15 is 0 Å². The Morgan fingerprint density at radius 1 is 0.424 bits per heavy atom. The molecule has 0 unspecified atom stereocenters. The molecule has 0 aliphatic heterocycles. The molecule has 0 radical (unpaired) electrons. The van der Waals surface area contributed by atoms with E-state index in [1.54, 1.807) is 0 Å². The van der Waals surface area contributed by atoms with Gasteiger partial charge in [-0.25, -0.2) is 0 Å². The number of benzene rings is 9. The molecular formula is C57H43NO. The number of hydrogen-bond donors (Lipinski definition) is 0. The van der Waals surface area contributed by atoms with Gasteiger partial charge >= 0.3 is 0 Å². The number of nitrogens with zero attached hydrogens (tertiary/aromatic N) is 1. The Hall–Kier alpha value is -6.90. The fourth-order valence-electron chi connectivity index (χ4n) is 11.0. The molecule has 282 valence electrons. The first-order chi connectivity index (χ1) is 29.3. The molecule has 0 saturated heterocycles. The van der Waals surface area contributed by atoms with Gasteiger partial charge in [0, 0.05) is 22.1 Å². The van der Waals surface area contributed by atoms with Crippen LogP contribution in [0.4, 0.5) is 17.1 Å². The second-order valence-electron chi connectivity index (χ2n) is 16.6. The van der Waals surface area contributed by atoms with Crippen LogP contribution in [0.15, 0.2) is 199 Å². The van der Waals surface area contributed by atoms with Gasteiger partial charge in [-0.05, 0) is 110 Å². The fourth-order valence-corrected chi connectivity index (χ4v) is 11.0. The zero-order valence-corrected chi connectivity index (χ0v) is 32.9. The zero-order valence-electron chi connectivity index (χ0n) is 32.9. The van der Waals surface area contributed by atoms with Crippen LogP contribution in [-0.4, -0.2) is 0 Å². The van der Waals surface area contributed by atoms with E-state index in [1.807, 2.05) is 0 Å². The van der Waals surface area contributed by atoms with Gasteiger partial charge in [0.1, 0.15) is 5.58 Å². The van der Waals surface area contributed by atoms with Gasteiger partial charge in [-0.3, -0.25) is 0 Å². The summed E-state index contributed by atoms with van der Waals surface area (Å²) in [5.41, 5.74) is 13.9. The van der Waals surface area contributed by atoms with E-state index in [1.165, 1.54) is 98.0 Å². The van der Waals surface area contributed by atoms with Crippen LogP contribution in [0.2, 0.25) is 0 Å². The lowest BCUT2D eigenvalue weighted by Crippen LogP contribution is -2.29. The fraction of sp³-hybridized carbons (Fsp3) is 0.123. The SMILES string of the molecule is c1ccc(N(c2ccc3c4c(ccc3c2)-c2ccc3ccccc3c2C4(c2ccccc2)c2ccccc2)c2cccc3c2oc2c(C4CCCCC4)cccc23)cc1. The Bertz CT molecular complexity index is 3150. The van der Waals surface area contributed by atoms with Crippen LogP contribution in [0.25, 0.3) is 54.6 Å². The molecule has 12 rings (SSSR count). The minimum absolute atomic E-state index is 0.538. The molecule has 2 nitrogen and oxygen atoms in total. The Morgan fingerprint density at radius 2 is 1.00 bits per heavy atom. The third-order valence-electron chi connectivity index (χ3n) is 13.5. The molecule has 59 heavy (non-hydrogen) atoms. The van der Waals surface area contributed by atoms with Crippen molar-refractivity contribution in [2.75, 3.05) is 4.90 Å². The molecule has 1 aromatic heterocycles. The highest BCUT2D eigenvalue weighted by molar-refractivity contribution is 6.12. The molecule has 0 N–H and O–H groups in total. The lowest BCUT2D eigenvalue weighted by Gasteiger charge is -2.35. The van der Waals surface area contributed by atoms with E-state index in [0.29, 0.717) is 5.92 Å². The van der Waals surface area contributed by atoms with Crippen molar-refractivity contribution in [3.05, 3.63) is 222 Å². The van der Waals surface area contributed by atoms with Gasteiger partial charge in [-0.1, -0.05) is 183 Å². The largest absolute Gasteiger partial charge is 0.454 e. The average molecular weight is 758 g/mol. The Morgan fingerprint density at radius 3 is 1.71 bits per heavy atom. The molecule has 0 atom stereocenters. The van der Waals surface area contributed by atoms with Crippen molar-refractivity contribution in [1.29, 1.82) is 0 Å². The highest BCUT2D eigenvalue weighted by Crippen LogP contribution is 2.60. The van der Waals surface area contributed by atoms with E-state index in [-0.39, 0.29) is 0 Å². The quantitative estimate of drug-likeness (QED) is 0.168. The van der Waals surface area contributed by atoms with Crippen molar-refractivity contribution in [1.82, 2.24) is 0 Å². The smallest absolute Gasteiger partial charge is 0.159 e. The average Bonchev–Trinajstić information content (AvgIpc) is 3.86. The van der Waals surface area contributed by atoms with E-state index in [0.717, 1.165) is 33.6 Å². The molecule has 1 heterocycles. The van der Waals surface area contributed by atoms with E-state index < -0.39 is 5.41 Å². The van der Waals surface area contributed by atoms with Crippen LogP contribution in [-0.2, 0) is 5.41 Å². The summed E-state index contributed by atoms with van der Waals surface area (Å²) in [6.45, 7) is 0. The molecule has 0 amide bonds. The molecule has 1 saturated carbocycles. The summed E-state index contributed by atoms with van der Waals surface area (Å²) in [5.74, 6) is 0.548. The highest BCUT2D eigenvalue weighted by Gasteiger charge is 2.48. The van der Waals surface area contributed by atoms with Crippen molar-refractivity contribution >= 4 is 60.5 Å². The maximum absolute atomic E-state index is 7.09. The minimum Gasteiger partial charge on any atom is -0.454 e. The molecule has 2 heteroatoms. The van der Waals surface area contributed by atoms with Crippen LogP contribution >= 0.6 is 0 Å². The molecule has 9 aromatic carbocycles. The summed E-state index contributed by atoms with van der Waals surface area (Å²) < 4.78 is 7.09. The molecule has 1 fully saturated rings. The van der Waals surface area contributed by atoms with Gasteiger partial charge in [0.15, 0.2) is 5.58 Å². The first-order valence-electron chi connectivity index (χ1n) is 21.3. The third-order valence-corrected chi connectivity index (χ3v) is 13.5. The summed E-state index contributed by atoms with van der Waals surface area (Å²) in [7, 11) is 0. The van der Waals surface area contributed by atoms with Gasteiger partial charge in [0.25, 0.3) is 0 Å². The first-order valence-corrected chi connectivity index (χ1v) is 21.3. The second kappa shape index (κ2) is 13.6. The number of fused-ring (bicyclic) bond motifs is 10. The molecule has 0 spiro atoms. The number of hydrogen-bond acceptors (Lipinski definition) is 2. The van der Waals surface area contributed by atoms with Gasteiger partial charge in [0.2, 0.25) is 0 Å². The van der Waals surface area contributed by atoms with Crippen LogP contribution in [0.1, 0.15) is 65.8 Å². The maximum Gasteiger partial charge on any atom is 0.159 e. The predicted molar refractivity (Wildman–Crippen MR) is 247 cm³/mol. The molecule has 2 aliphatic carbocycles. The first kappa shape index (κ1) is 34.2. The Balaban J connectivity index is 1.11. The number of furan rings is 1. The summed E-state index contributed by atoms with van der Waals surface area (Å²) in [6.07, 6.45) is 6.38. The predicted octanol–water partition coefficient (Wildman–Crippen LogP) is 15.8. The van der Waals surface area contributed by atoms with Crippen molar-refractivity contribution < 1.29 is 4.42 Å². The summed E-state index contributed by atoms with van der Waals surface area (Å²) >= 11 is 0.